The summed E-state index contributed by atoms with van der Waals surface area (Å²) in [6.07, 6.45) is -4.94. The van der Waals surface area contributed by atoms with Crippen molar-refractivity contribution in [3.63, 3.8) is 0 Å². The van der Waals surface area contributed by atoms with E-state index in [-0.39, 0.29) is 12.2 Å². The van der Waals surface area contributed by atoms with E-state index in [0.717, 1.165) is 10.0 Å². The summed E-state index contributed by atoms with van der Waals surface area (Å²) in [4.78, 5) is 16.7. The first-order valence-corrected chi connectivity index (χ1v) is 8.56. The van der Waals surface area contributed by atoms with E-state index in [0.29, 0.717) is 27.5 Å². The fourth-order valence-electron chi connectivity index (χ4n) is 2.68. The Morgan fingerprint density at radius 3 is 2.62 bits per heavy atom. The molecule has 0 aliphatic rings. The molecule has 0 aliphatic carbocycles. The number of halogens is 4. The number of hydrogen-bond acceptors (Lipinski definition) is 3. The number of aromatic nitrogens is 1. The molecule has 0 aliphatic heterocycles. The maximum Gasteiger partial charge on any atom is 0.471 e. The van der Waals surface area contributed by atoms with E-state index < -0.39 is 12.1 Å². The standard InChI is InChI=1S/C18H14BrF3N2O2/c1-3-24(17(25)18(20,21)22)13-7-10(2)15-14(9-13)23-16(26-15)11-5-4-6-12(19)8-11/h4-9H,3H2,1-2H3. The minimum atomic E-state index is -4.94. The third-order valence-corrected chi connectivity index (χ3v) is 4.34. The molecule has 0 N–H and O–H groups in total. The molecule has 3 aromatic rings. The van der Waals surface area contributed by atoms with Gasteiger partial charge in [0.25, 0.3) is 0 Å². The number of rotatable bonds is 3. The number of amides is 1. The highest BCUT2D eigenvalue weighted by Gasteiger charge is 2.42. The van der Waals surface area contributed by atoms with Gasteiger partial charge in [-0.3, -0.25) is 4.79 Å². The van der Waals surface area contributed by atoms with Crippen LogP contribution in [0.25, 0.3) is 22.6 Å². The topological polar surface area (TPSA) is 46.3 Å². The molecule has 4 nitrogen and oxygen atoms in total. The van der Waals surface area contributed by atoms with Crippen LogP contribution < -0.4 is 4.90 Å². The second-order valence-corrected chi connectivity index (χ2v) is 6.60. The van der Waals surface area contributed by atoms with Gasteiger partial charge in [-0.2, -0.15) is 13.2 Å². The van der Waals surface area contributed by atoms with Crippen LogP contribution in [0.5, 0.6) is 0 Å². The first kappa shape index (κ1) is 18.4. The Balaban J connectivity index is 2.09. The van der Waals surface area contributed by atoms with Crippen LogP contribution in [0.3, 0.4) is 0 Å². The molecule has 136 valence electrons. The van der Waals surface area contributed by atoms with Crippen LogP contribution in [0.1, 0.15) is 12.5 Å². The molecule has 0 spiro atoms. The Kier molecular flexibility index (Phi) is 4.79. The summed E-state index contributed by atoms with van der Waals surface area (Å²) in [5, 5.41) is 0. The molecule has 8 heteroatoms. The highest BCUT2D eigenvalue weighted by atomic mass is 79.9. The van der Waals surface area contributed by atoms with Gasteiger partial charge in [-0.15, -0.1) is 0 Å². The predicted octanol–water partition coefficient (Wildman–Crippen LogP) is 5.48. The Bertz CT molecular complexity index is 982. The van der Waals surface area contributed by atoms with Crippen molar-refractivity contribution < 1.29 is 22.4 Å². The van der Waals surface area contributed by atoms with E-state index in [4.69, 9.17) is 4.42 Å². The summed E-state index contributed by atoms with van der Waals surface area (Å²) in [7, 11) is 0. The summed E-state index contributed by atoms with van der Waals surface area (Å²) >= 11 is 3.37. The van der Waals surface area contributed by atoms with Crippen molar-refractivity contribution in [2.24, 2.45) is 0 Å². The van der Waals surface area contributed by atoms with Gasteiger partial charge >= 0.3 is 12.1 Å². The van der Waals surface area contributed by atoms with Crippen LogP contribution in [-0.4, -0.2) is 23.6 Å². The minimum absolute atomic E-state index is 0.111. The number of oxazole rings is 1. The predicted molar refractivity (Wildman–Crippen MR) is 96.0 cm³/mol. The summed E-state index contributed by atoms with van der Waals surface area (Å²) in [6, 6.07) is 10.3. The molecule has 0 saturated carbocycles. The van der Waals surface area contributed by atoms with E-state index in [1.165, 1.54) is 19.1 Å². The Labute approximate surface area is 155 Å². The molecule has 3 rings (SSSR count). The first-order chi connectivity index (χ1) is 12.2. The number of nitrogens with zero attached hydrogens (tertiary/aromatic N) is 2. The number of aryl methyl sites for hydroxylation is 1. The smallest absolute Gasteiger partial charge is 0.436 e. The molecule has 26 heavy (non-hydrogen) atoms. The Morgan fingerprint density at radius 2 is 2.00 bits per heavy atom. The van der Waals surface area contributed by atoms with Crippen LogP contribution >= 0.6 is 15.9 Å². The molecule has 0 radical (unpaired) electrons. The Hall–Kier alpha value is -2.35. The van der Waals surface area contributed by atoms with Gasteiger partial charge in [-0.05, 0) is 49.7 Å². The lowest BCUT2D eigenvalue weighted by Crippen LogP contribution is -2.41. The fourth-order valence-corrected chi connectivity index (χ4v) is 3.08. The van der Waals surface area contributed by atoms with Gasteiger partial charge in [0.05, 0.1) is 0 Å². The number of carbonyl (C=O) groups is 1. The number of alkyl halides is 3. The lowest BCUT2D eigenvalue weighted by molar-refractivity contribution is -0.170. The van der Waals surface area contributed by atoms with Gasteiger partial charge in [-0.25, -0.2) is 4.98 Å². The van der Waals surface area contributed by atoms with Gasteiger partial charge in [0.15, 0.2) is 5.58 Å². The zero-order chi connectivity index (χ0) is 19.1. The Morgan fingerprint density at radius 1 is 1.27 bits per heavy atom. The molecule has 0 bridgehead atoms. The van der Waals surface area contributed by atoms with Crippen LogP contribution in [0.4, 0.5) is 18.9 Å². The average Bonchev–Trinajstić information content (AvgIpc) is 2.99. The maximum absolute atomic E-state index is 12.8. The molecule has 1 amide bonds. The minimum Gasteiger partial charge on any atom is -0.436 e. The molecule has 1 aromatic heterocycles. The van der Waals surface area contributed by atoms with Crippen molar-refractivity contribution in [2.45, 2.75) is 20.0 Å². The van der Waals surface area contributed by atoms with Gasteiger partial charge in [0.2, 0.25) is 5.89 Å². The van der Waals surface area contributed by atoms with Gasteiger partial charge in [0.1, 0.15) is 5.52 Å². The van der Waals surface area contributed by atoms with E-state index in [1.54, 1.807) is 6.92 Å². The summed E-state index contributed by atoms with van der Waals surface area (Å²) < 4.78 is 45.1. The summed E-state index contributed by atoms with van der Waals surface area (Å²) in [6.45, 7) is 3.08. The normalized spacial score (nSPS) is 11.8. The number of carbonyl (C=O) groups excluding carboxylic acids is 1. The quantitative estimate of drug-likeness (QED) is 0.556. The van der Waals surface area contributed by atoms with Crippen LogP contribution in [0.15, 0.2) is 45.3 Å². The van der Waals surface area contributed by atoms with Crippen LogP contribution in [-0.2, 0) is 4.79 Å². The van der Waals surface area contributed by atoms with E-state index in [2.05, 4.69) is 20.9 Å². The zero-order valence-corrected chi connectivity index (χ0v) is 15.5. The maximum atomic E-state index is 12.8. The number of anilines is 1. The largest absolute Gasteiger partial charge is 0.471 e. The number of hydrogen-bond donors (Lipinski definition) is 0. The molecular formula is C18H14BrF3N2O2. The fraction of sp³-hybridized carbons (Fsp3) is 0.222. The van der Waals surface area contributed by atoms with Crippen molar-refractivity contribution in [1.29, 1.82) is 0 Å². The van der Waals surface area contributed by atoms with Gasteiger partial charge < -0.3 is 9.32 Å². The third kappa shape index (κ3) is 3.46. The molecule has 0 saturated heterocycles. The number of benzene rings is 2. The van der Waals surface area contributed by atoms with Crippen molar-refractivity contribution in [3.8, 4) is 11.5 Å². The van der Waals surface area contributed by atoms with Crippen molar-refractivity contribution in [1.82, 2.24) is 4.98 Å². The summed E-state index contributed by atoms with van der Waals surface area (Å²) in [5.41, 5.74) is 2.33. The molecule has 0 atom stereocenters. The van der Waals surface area contributed by atoms with E-state index >= 15 is 0 Å². The lowest BCUT2D eigenvalue weighted by atomic mass is 10.1. The average molecular weight is 427 g/mol. The van der Waals surface area contributed by atoms with Crippen molar-refractivity contribution in [2.75, 3.05) is 11.4 Å². The lowest BCUT2D eigenvalue weighted by Gasteiger charge is -2.22. The highest BCUT2D eigenvalue weighted by Crippen LogP contribution is 2.32. The SMILES string of the molecule is CCN(C(=O)C(F)(F)F)c1cc(C)c2oc(-c3cccc(Br)c3)nc2c1. The monoisotopic (exact) mass is 426 g/mol. The molecular weight excluding hydrogens is 413 g/mol. The van der Waals surface area contributed by atoms with E-state index in [1.807, 2.05) is 24.3 Å². The van der Waals surface area contributed by atoms with Gasteiger partial charge in [0, 0.05) is 22.3 Å². The number of fused-ring (bicyclic) bond motifs is 1. The van der Waals surface area contributed by atoms with E-state index in [9.17, 15) is 18.0 Å². The zero-order valence-electron chi connectivity index (χ0n) is 13.9. The second kappa shape index (κ2) is 6.75. The third-order valence-electron chi connectivity index (χ3n) is 3.85. The molecule has 0 unspecified atom stereocenters. The molecule has 1 heterocycles. The molecule has 0 fully saturated rings. The van der Waals surface area contributed by atoms with Crippen LogP contribution in [0, 0.1) is 6.92 Å². The second-order valence-electron chi connectivity index (χ2n) is 5.69. The molecule has 2 aromatic carbocycles. The highest BCUT2D eigenvalue weighted by molar-refractivity contribution is 9.10. The summed E-state index contributed by atoms with van der Waals surface area (Å²) in [5.74, 6) is -1.55. The first-order valence-electron chi connectivity index (χ1n) is 7.76. The van der Waals surface area contributed by atoms with Crippen molar-refractivity contribution >= 4 is 38.6 Å². The van der Waals surface area contributed by atoms with Crippen LogP contribution in [0.2, 0.25) is 0 Å². The van der Waals surface area contributed by atoms with Crippen molar-refractivity contribution in [3.05, 3.63) is 46.4 Å². The van der Waals surface area contributed by atoms with Gasteiger partial charge in [-0.1, -0.05) is 22.0 Å².